The molecule has 0 aromatic heterocycles. The minimum atomic E-state index is 0.704. The Morgan fingerprint density at radius 2 is 1.71 bits per heavy atom. The minimum Gasteiger partial charge on any atom is -0.493 e. The number of rotatable bonds is 7. The van der Waals surface area contributed by atoms with Crippen molar-refractivity contribution in [3.05, 3.63) is 29.3 Å². The lowest BCUT2D eigenvalue weighted by Gasteiger charge is -2.16. The molecule has 1 aromatic rings. The molecule has 1 aromatic carbocycles. The van der Waals surface area contributed by atoms with Gasteiger partial charge < -0.3 is 4.74 Å². The van der Waals surface area contributed by atoms with Gasteiger partial charge in [-0.3, -0.25) is 0 Å². The van der Waals surface area contributed by atoms with Crippen LogP contribution in [-0.2, 0) is 0 Å². The van der Waals surface area contributed by atoms with Gasteiger partial charge in [-0.1, -0.05) is 39.2 Å². The summed E-state index contributed by atoms with van der Waals surface area (Å²) >= 11 is 0. The lowest BCUT2D eigenvalue weighted by atomic mass is 10.0. The lowest BCUT2D eigenvalue weighted by molar-refractivity contribution is 0.233. The molecule has 1 unspecified atom stereocenters. The Hall–Kier alpha value is -0.980. The highest BCUT2D eigenvalue weighted by atomic mass is 16.5. The summed E-state index contributed by atoms with van der Waals surface area (Å²) in [6.07, 6.45) is 5.09. The van der Waals surface area contributed by atoms with Gasteiger partial charge in [0.2, 0.25) is 0 Å². The van der Waals surface area contributed by atoms with E-state index in [1.165, 1.54) is 36.8 Å². The average Bonchev–Trinajstić information content (AvgIpc) is 2.28. The van der Waals surface area contributed by atoms with Crippen molar-refractivity contribution in [2.75, 3.05) is 6.61 Å². The van der Waals surface area contributed by atoms with Crippen LogP contribution in [0.4, 0.5) is 0 Å². The molecule has 0 aliphatic carbocycles. The predicted octanol–water partition coefficient (Wildman–Crippen LogP) is 4.90. The van der Waals surface area contributed by atoms with Crippen LogP contribution in [0.3, 0.4) is 0 Å². The predicted molar refractivity (Wildman–Crippen MR) is 74.7 cm³/mol. The fourth-order valence-corrected chi connectivity index (χ4v) is 2.13. The monoisotopic (exact) mass is 234 g/mol. The molecule has 0 fully saturated rings. The molecule has 1 heteroatoms. The molecule has 0 bridgehead atoms. The average molecular weight is 234 g/mol. The highest BCUT2D eigenvalue weighted by molar-refractivity contribution is 5.32. The maximum atomic E-state index is 5.92. The zero-order chi connectivity index (χ0) is 12.7. The van der Waals surface area contributed by atoms with E-state index in [-0.39, 0.29) is 0 Å². The number of hydrogen-bond acceptors (Lipinski definition) is 1. The molecule has 0 heterocycles. The van der Waals surface area contributed by atoms with Crippen LogP contribution >= 0.6 is 0 Å². The molecular formula is C16H26O. The van der Waals surface area contributed by atoms with Crippen molar-refractivity contribution in [3.8, 4) is 5.75 Å². The fraction of sp³-hybridized carbons (Fsp3) is 0.625. The van der Waals surface area contributed by atoms with Gasteiger partial charge in [0.15, 0.2) is 0 Å². The number of aryl methyl sites for hydroxylation is 2. The maximum Gasteiger partial charge on any atom is 0.119 e. The molecule has 0 radical (unpaired) electrons. The third-order valence-corrected chi connectivity index (χ3v) is 3.22. The van der Waals surface area contributed by atoms with E-state index in [4.69, 9.17) is 4.74 Å². The van der Waals surface area contributed by atoms with Crippen LogP contribution in [0.1, 0.15) is 50.7 Å². The van der Waals surface area contributed by atoms with Gasteiger partial charge in [-0.2, -0.15) is 0 Å². The highest BCUT2D eigenvalue weighted by Gasteiger charge is 2.07. The van der Waals surface area contributed by atoms with Gasteiger partial charge in [0.25, 0.3) is 0 Å². The number of hydrogen-bond donors (Lipinski definition) is 0. The summed E-state index contributed by atoms with van der Waals surface area (Å²) in [6, 6.07) is 6.43. The molecule has 17 heavy (non-hydrogen) atoms. The zero-order valence-electron chi connectivity index (χ0n) is 11.8. The molecule has 0 N–H and O–H groups in total. The summed E-state index contributed by atoms with van der Waals surface area (Å²) in [5, 5.41) is 0. The quantitative estimate of drug-likeness (QED) is 0.652. The molecular weight excluding hydrogens is 208 g/mol. The van der Waals surface area contributed by atoms with Gasteiger partial charge in [-0.15, -0.1) is 0 Å². The Morgan fingerprint density at radius 1 is 1.06 bits per heavy atom. The van der Waals surface area contributed by atoms with Crippen LogP contribution in [0, 0.1) is 19.8 Å². The van der Waals surface area contributed by atoms with Gasteiger partial charge in [-0.05, 0) is 49.4 Å². The Bertz CT molecular complexity index is 310. The van der Waals surface area contributed by atoms with Crippen molar-refractivity contribution < 1.29 is 4.74 Å². The topological polar surface area (TPSA) is 9.23 Å². The number of unbranched alkanes of at least 4 members (excludes halogenated alkanes) is 1. The largest absolute Gasteiger partial charge is 0.493 e. The molecule has 1 rings (SSSR count). The minimum absolute atomic E-state index is 0.704. The van der Waals surface area contributed by atoms with E-state index < -0.39 is 0 Å². The Kier molecular flexibility index (Phi) is 6.10. The molecule has 1 nitrogen and oxygen atoms in total. The fourth-order valence-electron chi connectivity index (χ4n) is 2.13. The van der Waals surface area contributed by atoms with Crippen LogP contribution in [0.2, 0.25) is 0 Å². The summed E-state index contributed by atoms with van der Waals surface area (Å²) in [5.74, 6) is 1.73. The van der Waals surface area contributed by atoms with E-state index in [0.29, 0.717) is 5.92 Å². The van der Waals surface area contributed by atoms with Crippen molar-refractivity contribution >= 4 is 0 Å². The zero-order valence-corrected chi connectivity index (χ0v) is 11.8. The van der Waals surface area contributed by atoms with Crippen molar-refractivity contribution in [3.63, 3.8) is 0 Å². The van der Waals surface area contributed by atoms with Crippen LogP contribution in [-0.4, -0.2) is 6.61 Å². The Labute approximate surface area is 106 Å². The van der Waals surface area contributed by atoms with Crippen molar-refractivity contribution in [1.29, 1.82) is 0 Å². The molecule has 96 valence electrons. The van der Waals surface area contributed by atoms with Gasteiger partial charge in [0, 0.05) is 0 Å². The van der Waals surface area contributed by atoms with E-state index in [2.05, 4.69) is 45.9 Å². The number of benzene rings is 1. The van der Waals surface area contributed by atoms with Gasteiger partial charge in [0.05, 0.1) is 6.61 Å². The summed E-state index contributed by atoms with van der Waals surface area (Å²) in [6.45, 7) is 9.60. The molecule has 0 amide bonds. The second kappa shape index (κ2) is 7.37. The van der Waals surface area contributed by atoms with Crippen LogP contribution < -0.4 is 4.74 Å². The van der Waals surface area contributed by atoms with E-state index in [0.717, 1.165) is 12.4 Å². The van der Waals surface area contributed by atoms with Crippen LogP contribution in [0.5, 0.6) is 5.75 Å². The third-order valence-electron chi connectivity index (χ3n) is 3.22. The summed E-state index contributed by atoms with van der Waals surface area (Å²) in [5.41, 5.74) is 2.56. The molecule has 0 spiro atoms. The second-order valence-electron chi connectivity index (χ2n) is 5.05. The van der Waals surface area contributed by atoms with Crippen molar-refractivity contribution in [2.45, 2.75) is 53.4 Å². The second-order valence-corrected chi connectivity index (χ2v) is 5.05. The first kappa shape index (κ1) is 14.1. The van der Waals surface area contributed by atoms with E-state index >= 15 is 0 Å². The molecule has 0 aliphatic heterocycles. The standard InChI is InChI=1S/C16H26O/c1-5-7-8-15(6-2)12-17-16-10-13(3)9-14(4)11-16/h9-11,15H,5-8,12H2,1-4H3. The normalized spacial score (nSPS) is 12.5. The molecule has 0 saturated carbocycles. The summed E-state index contributed by atoms with van der Waals surface area (Å²) in [4.78, 5) is 0. The Morgan fingerprint density at radius 3 is 2.24 bits per heavy atom. The Balaban J connectivity index is 2.47. The first-order valence-electron chi connectivity index (χ1n) is 6.86. The molecule has 0 aliphatic rings. The van der Waals surface area contributed by atoms with Crippen molar-refractivity contribution in [1.82, 2.24) is 0 Å². The van der Waals surface area contributed by atoms with Crippen LogP contribution in [0.15, 0.2) is 18.2 Å². The summed E-state index contributed by atoms with van der Waals surface area (Å²) < 4.78 is 5.92. The van der Waals surface area contributed by atoms with Gasteiger partial charge in [0.1, 0.15) is 5.75 Å². The van der Waals surface area contributed by atoms with E-state index in [9.17, 15) is 0 Å². The molecule has 1 atom stereocenters. The van der Waals surface area contributed by atoms with Crippen molar-refractivity contribution in [2.24, 2.45) is 5.92 Å². The molecule has 0 saturated heterocycles. The lowest BCUT2D eigenvalue weighted by Crippen LogP contribution is -2.11. The SMILES string of the molecule is CCCCC(CC)COc1cc(C)cc(C)c1. The van der Waals surface area contributed by atoms with Gasteiger partial charge >= 0.3 is 0 Å². The van der Waals surface area contributed by atoms with Crippen LogP contribution in [0.25, 0.3) is 0 Å². The summed E-state index contributed by atoms with van der Waals surface area (Å²) in [7, 11) is 0. The smallest absolute Gasteiger partial charge is 0.119 e. The highest BCUT2D eigenvalue weighted by Crippen LogP contribution is 2.19. The first-order chi connectivity index (χ1) is 8.15. The number of ether oxygens (including phenoxy) is 1. The third kappa shape index (κ3) is 5.25. The van der Waals surface area contributed by atoms with E-state index in [1.54, 1.807) is 0 Å². The van der Waals surface area contributed by atoms with Gasteiger partial charge in [-0.25, -0.2) is 0 Å². The van der Waals surface area contributed by atoms with E-state index in [1.807, 2.05) is 0 Å². The first-order valence-corrected chi connectivity index (χ1v) is 6.86. The maximum absolute atomic E-state index is 5.92.